The fourth-order valence-electron chi connectivity index (χ4n) is 2.24. The molecule has 0 aromatic carbocycles. The first-order chi connectivity index (χ1) is 6.57. The van der Waals surface area contributed by atoms with Crippen LogP contribution < -0.4 is 5.73 Å². The van der Waals surface area contributed by atoms with Crippen LogP contribution in [-0.4, -0.2) is 40.7 Å². The number of hydrogen-bond donors (Lipinski definition) is 2. The first kappa shape index (κ1) is 9.77. The molecule has 0 radical (unpaired) electrons. The van der Waals surface area contributed by atoms with Gasteiger partial charge in [-0.3, -0.25) is 0 Å². The third-order valence-corrected chi connectivity index (χ3v) is 3.03. The van der Waals surface area contributed by atoms with E-state index in [0.717, 1.165) is 0 Å². The van der Waals surface area contributed by atoms with Crippen molar-refractivity contribution in [3.05, 3.63) is 0 Å². The Morgan fingerprint density at radius 1 is 1.43 bits per heavy atom. The largest absolute Gasteiger partial charge is 0.386 e. The Labute approximate surface area is 84.8 Å². The molecule has 0 amide bonds. The summed E-state index contributed by atoms with van der Waals surface area (Å²) in [6.07, 6.45) is 4.90. The molecule has 2 fully saturated rings. The zero-order valence-electron chi connectivity index (χ0n) is 8.74. The summed E-state index contributed by atoms with van der Waals surface area (Å²) in [5.41, 5.74) is 5.29. The Hall–Kier alpha value is -0.770. The second kappa shape index (κ2) is 3.42. The van der Waals surface area contributed by atoms with E-state index in [4.69, 9.17) is 5.73 Å². The first-order valence-electron chi connectivity index (χ1n) is 5.37. The molecular formula is C10H19N3O. The van der Waals surface area contributed by atoms with Gasteiger partial charge in [-0.2, -0.15) is 0 Å². The fraction of sp³-hybridized carbons (Fsp3) is 0.900. The summed E-state index contributed by atoms with van der Waals surface area (Å²) in [6, 6.07) is 0.431. The van der Waals surface area contributed by atoms with Gasteiger partial charge in [0.2, 0.25) is 0 Å². The van der Waals surface area contributed by atoms with E-state index in [1.807, 2.05) is 11.8 Å². The maximum Gasteiger partial charge on any atom is 0.191 e. The molecule has 1 aliphatic heterocycles. The van der Waals surface area contributed by atoms with Gasteiger partial charge >= 0.3 is 0 Å². The lowest BCUT2D eigenvalue weighted by Crippen LogP contribution is -2.63. The van der Waals surface area contributed by atoms with Crippen LogP contribution in [0.5, 0.6) is 0 Å². The molecule has 2 aliphatic rings. The summed E-state index contributed by atoms with van der Waals surface area (Å²) in [6.45, 7) is 3.07. The van der Waals surface area contributed by atoms with E-state index >= 15 is 0 Å². The van der Waals surface area contributed by atoms with Gasteiger partial charge in [-0.15, -0.1) is 0 Å². The molecule has 0 bridgehead atoms. The van der Waals surface area contributed by atoms with Crippen molar-refractivity contribution < 1.29 is 5.11 Å². The van der Waals surface area contributed by atoms with Crippen molar-refractivity contribution in [2.24, 2.45) is 10.7 Å². The number of hydrogen-bond acceptors (Lipinski definition) is 2. The van der Waals surface area contributed by atoms with Crippen molar-refractivity contribution in [2.75, 3.05) is 13.1 Å². The molecule has 0 aromatic rings. The minimum Gasteiger partial charge on any atom is -0.386 e. The average Bonchev–Trinajstić information content (AvgIpc) is 2.52. The molecule has 0 spiro atoms. The molecule has 2 rings (SSSR count). The van der Waals surface area contributed by atoms with Crippen LogP contribution >= 0.6 is 0 Å². The highest BCUT2D eigenvalue weighted by Crippen LogP contribution is 2.23. The number of β-amino-alcohol motifs (C(OH)–C–C–N with tert-alkyl or cyclic N) is 1. The van der Waals surface area contributed by atoms with Crippen LogP contribution in [0.15, 0.2) is 4.99 Å². The van der Waals surface area contributed by atoms with Gasteiger partial charge in [0.1, 0.15) is 0 Å². The third kappa shape index (κ3) is 2.00. The number of aliphatic hydroxyl groups is 1. The molecule has 14 heavy (non-hydrogen) atoms. The van der Waals surface area contributed by atoms with Gasteiger partial charge in [-0.1, -0.05) is 12.8 Å². The van der Waals surface area contributed by atoms with Gasteiger partial charge in [-0.05, 0) is 19.8 Å². The molecule has 0 aromatic heterocycles. The van der Waals surface area contributed by atoms with E-state index in [-0.39, 0.29) is 0 Å². The van der Waals surface area contributed by atoms with Crippen molar-refractivity contribution in [3.63, 3.8) is 0 Å². The number of nitrogens with two attached hydrogens (primary N) is 1. The Morgan fingerprint density at radius 2 is 2.00 bits per heavy atom. The highest BCUT2D eigenvalue weighted by molar-refractivity contribution is 5.79. The summed E-state index contributed by atoms with van der Waals surface area (Å²) in [5.74, 6) is 0.614. The van der Waals surface area contributed by atoms with Gasteiger partial charge in [0, 0.05) is 0 Å². The van der Waals surface area contributed by atoms with Gasteiger partial charge in [0.25, 0.3) is 0 Å². The van der Waals surface area contributed by atoms with E-state index in [1.54, 1.807) is 0 Å². The zero-order valence-corrected chi connectivity index (χ0v) is 8.74. The van der Waals surface area contributed by atoms with Gasteiger partial charge in [-0.25, -0.2) is 4.99 Å². The second-order valence-electron chi connectivity index (χ2n) is 4.78. The van der Waals surface area contributed by atoms with Gasteiger partial charge in [0.15, 0.2) is 5.96 Å². The Balaban J connectivity index is 1.86. The van der Waals surface area contributed by atoms with Crippen molar-refractivity contribution in [2.45, 2.75) is 44.2 Å². The van der Waals surface area contributed by atoms with Crippen LogP contribution in [0.1, 0.15) is 32.6 Å². The molecule has 3 N–H and O–H groups in total. The number of likely N-dealkylation sites (tertiary alicyclic amines) is 1. The van der Waals surface area contributed by atoms with Crippen LogP contribution in [0.3, 0.4) is 0 Å². The average molecular weight is 197 g/mol. The lowest BCUT2D eigenvalue weighted by atomic mass is 9.98. The number of aliphatic imine (C=N–C) groups is 1. The van der Waals surface area contributed by atoms with Crippen LogP contribution in [0.4, 0.5) is 0 Å². The lowest BCUT2D eigenvalue weighted by Gasteiger charge is -2.44. The zero-order chi connectivity index (χ0) is 10.2. The predicted octanol–water partition coefficient (Wildman–Crippen LogP) is 0.310. The van der Waals surface area contributed by atoms with Gasteiger partial charge in [0.05, 0.1) is 24.7 Å². The highest BCUT2D eigenvalue weighted by atomic mass is 16.3. The second-order valence-corrected chi connectivity index (χ2v) is 4.78. The topological polar surface area (TPSA) is 61.8 Å². The summed E-state index contributed by atoms with van der Waals surface area (Å²) in [4.78, 5) is 6.42. The van der Waals surface area contributed by atoms with Crippen LogP contribution in [0.25, 0.3) is 0 Å². The van der Waals surface area contributed by atoms with Gasteiger partial charge < -0.3 is 15.7 Å². The highest BCUT2D eigenvalue weighted by Gasteiger charge is 2.37. The van der Waals surface area contributed by atoms with E-state index < -0.39 is 5.60 Å². The Bertz CT molecular complexity index is 236. The molecule has 1 saturated carbocycles. The molecule has 80 valence electrons. The van der Waals surface area contributed by atoms with Crippen molar-refractivity contribution in [1.82, 2.24) is 4.90 Å². The lowest BCUT2D eigenvalue weighted by molar-refractivity contribution is -0.0504. The Morgan fingerprint density at radius 3 is 2.50 bits per heavy atom. The molecular weight excluding hydrogens is 178 g/mol. The third-order valence-electron chi connectivity index (χ3n) is 3.03. The normalized spacial score (nSPS) is 27.9. The first-order valence-corrected chi connectivity index (χ1v) is 5.37. The van der Waals surface area contributed by atoms with Crippen molar-refractivity contribution in [3.8, 4) is 0 Å². The monoisotopic (exact) mass is 197 g/mol. The molecule has 1 saturated heterocycles. The molecule has 0 atom stereocenters. The number of nitrogens with zero attached hydrogens (tertiary/aromatic N) is 2. The predicted molar refractivity (Wildman–Crippen MR) is 56.1 cm³/mol. The molecule has 1 aliphatic carbocycles. The quantitative estimate of drug-likeness (QED) is 0.470. The minimum absolute atomic E-state index is 0.431. The minimum atomic E-state index is -0.560. The smallest absolute Gasteiger partial charge is 0.191 e. The summed E-state index contributed by atoms with van der Waals surface area (Å²) in [5, 5.41) is 9.54. The van der Waals surface area contributed by atoms with Crippen LogP contribution in [-0.2, 0) is 0 Å². The van der Waals surface area contributed by atoms with Crippen molar-refractivity contribution in [1.29, 1.82) is 0 Å². The fourth-order valence-corrected chi connectivity index (χ4v) is 2.24. The molecule has 1 heterocycles. The number of rotatable bonds is 1. The Kier molecular flexibility index (Phi) is 2.39. The molecule has 0 unspecified atom stereocenters. The maximum absolute atomic E-state index is 9.54. The summed E-state index contributed by atoms with van der Waals surface area (Å²) >= 11 is 0. The standard InChI is InChI=1S/C10H19N3O/c1-10(14)6-13(7-10)9(11)12-8-4-2-3-5-8/h8,14H,2-7H2,1H3,(H2,11,12). The summed E-state index contributed by atoms with van der Waals surface area (Å²) in [7, 11) is 0. The van der Waals surface area contributed by atoms with E-state index in [1.165, 1.54) is 25.7 Å². The number of guanidine groups is 1. The van der Waals surface area contributed by atoms with Crippen LogP contribution in [0, 0.1) is 0 Å². The van der Waals surface area contributed by atoms with E-state index in [0.29, 0.717) is 25.1 Å². The summed E-state index contributed by atoms with van der Waals surface area (Å²) < 4.78 is 0. The SMILES string of the molecule is CC1(O)CN(C(N)=NC2CCCC2)C1. The van der Waals surface area contributed by atoms with Crippen molar-refractivity contribution >= 4 is 5.96 Å². The maximum atomic E-state index is 9.54. The molecule has 4 heteroatoms. The van der Waals surface area contributed by atoms with Crippen LogP contribution in [0.2, 0.25) is 0 Å². The molecule has 4 nitrogen and oxygen atoms in total. The van der Waals surface area contributed by atoms with E-state index in [2.05, 4.69) is 4.99 Å². The van der Waals surface area contributed by atoms with E-state index in [9.17, 15) is 5.11 Å².